The van der Waals surface area contributed by atoms with Gasteiger partial charge in [-0.25, -0.2) is 4.39 Å². The maximum atomic E-state index is 13.7. The fraction of sp³-hybridized carbons (Fsp3) is 0.684. The van der Waals surface area contributed by atoms with E-state index < -0.39 is 6.10 Å². The Balaban J connectivity index is 1.47. The number of aliphatic hydroxyl groups excluding tert-OH is 1. The van der Waals surface area contributed by atoms with Gasteiger partial charge in [0.15, 0.2) is 0 Å². The predicted octanol–water partition coefficient (Wildman–Crippen LogP) is 3.06. The maximum absolute atomic E-state index is 13.7. The van der Waals surface area contributed by atoms with Gasteiger partial charge in [-0.2, -0.15) is 0 Å². The SMILES string of the molecule is CC1CCC(N2CCN(CC(O)c3ccccc3F)CC2)CC1. The molecular weight excluding hydrogens is 291 g/mol. The minimum absolute atomic E-state index is 0.310. The topological polar surface area (TPSA) is 26.7 Å². The van der Waals surface area contributed by atoms with Crippen LogP contribution in [0.25, 0.3) is 0 Å². The van der Waals surface area contributed by atoms with Crippen molar-refractivity contribution in [2.75, 3.05) is 32.7 Å². The third kappa shape index (κ3) is 4.31. The summed E-state index contributed by atoms with van der Waals surface area (Å²) in [5.41, 5.74) is 0.413. The summed E-state index contributed by atoms with van der Waals surface area (Å²) < 4.78 is 13.7. The largest absolute Gasteiger partial charge is 0.387 e. The lowest BCUT2D eigenvalue weighted by molar-refractivity contribution is 0.0430. The monoisotopic (exact) mass is 320 g/mol. The van der Waals surface area contributed by atoms with Gasteiger partial charge >= 0.3 is 0 Å². The van der Waals surface area contributed by atoms with E-state index >= 15 is 0 Å². The minimum Gasteiger partial charge on any atom is -0.387 e. The number of nitrogens with zero attached hydrogens (tertiary/aromatic N) is 2. The average Bonchev–Trinajstić information content (AvgIpc) is 2.57. The van der Waals surface area contributed by atoms with E-state index in [0.717, 1.165) is 38.1 Å². The van der Waals surface area contributed by atoms with Crippen LogP contribution in [0.15, 0.2) is 24.3 Å². The zero-order valence-electron chi connectivity index (χ0n) is 14.1. The minimum atomic E-state index is -0.738. The van der Waals surface area contributed by atoms with Crippen molar-refractivity contribution < 1.29 is 9.50 Å². The molecule has 1 atom stereocenters. The first-order chi connectivity index (χ1) is 11.1. The predicted molar refractivity (Wildman–Crippen MR) is 90.8 cm³/mol. The molecule has 4 heteroatoms. The molecule has 0 aromatic heterocycles. The number of rotatable bonds is 4. The number of piperazine rings is 1. The third-order valence-corrected chi connectivity index (χ3v) is 5.60. The zero-order valence-corrected chi connectivity index (χ0v) is 14.1. The van der Waals surface area contributed by atoms with Crippen LogP contribution in [-0.4, -0.2) is 53.7 Å². The van der Waals surface area contributed by atoms with Gasteiger partial charge in [0.25, 0.3) is 0 Å². The molecular formula is C19H29FN2O. The number of benzene rings is 1. The van der Waals surface area contributed by atoms with E-state index in [1.165, 1.54) is 31.7 Å². The van der Waals surface area contributed by atoms with E-state index in [1.807, 2.05) is 0 Å². The van der Waals surface area contributed by atoms with Crippen LogP contribution in [0.1, 0.15) is 44.3 Å². The van der Waals surface area contributed by atoms with Gasteiger partial charge in [0, 0.05) is 44.3 Å². The van der Waals surface area contributed by atoms with Gasteiger partial charge in [0.05, 0.1) is 6.10 Å². The number of halogens is 1. The van der Waals surface area contributed by atoms with Crippen LogP contribution in [0, 0.1) is 11.7 Å². The molecule has 0 radical (unpaired) electrons. The van der Waals surface area contributed by atoms with E-state index in [2.05, 4.69) is 16.7 Å². The second-order valence-corrected chi connectivity index (χ2v) is 7.29. The number of hydrogen-bond acceptors (Lipinski definition) is 3. The summed E-state index contributed by atoms with van der Waals surface area (Å²) in [6.45, 7) is 6.97. The summed E-state index contributed by atoms with van der Waals surface area (Å²) in [5, 5.41) is 10.3. The number of hydrogen-bond donors (Lipinski definition) is 1. The highest BCUT2D eigenvalue weighted by Gasteiger charge is 2.27. The van der Waals surface area contributed by atoms with Crippen LogP contribution in [0.2, 0.25) is 0 Å². The number of aliphatic hydroxyl groups is 1. The lowest BCUT2D eigenvalue weighted by Gasteiger charge is -2.42. The van der Waals surface area contributed by atoms with Crippen molar-refractivity contribution in [3.05, 3.63) is 35.6 Å². The molecule has 23 heavy (non-hydrogen) atoms. The fourth-order valence-corrected chi connectivity index (χ4v) is 4.01. The van der Waals surface area contributed by atoms with Crippen molar-refractivity contribution in [3.8, 4) is 0 Å². The lowest BCUT2D eigenvalue weighted by Crippen LogP contribution is -2.51. The van der Waals surface area contributed by atoms with Crippen molar-refractivity contribution in [1.29, 1.82) is 0 Å². The van der Waals surface area contributed by atoms with E-state index in [4.69, 9.17) is 0 Å². The van der Waals surface area contributed by atoms with E-state index in [1.54, 1.807) is 18.2 Å². The Kier molecular flexibility index (Phi) is 5.67. The molecule has 1 saturated carbocycles. The van der Waals surface area contributed by atoms with Crippen LogP contribution in [-0.2, 0) is 0 Å². The Bertz CT molecular complexity index is 494. The molecule has 1 N–H and O–H groups in total. The molecule has 1 aliphatic heterocycles. The molecule has 2 aliphatic rings. The summed E-state index contributed by atoms with van der Waals surface area (Å²) in [4.78, 5) is 4.89. The molecule has 1 heterocycles. The van der Waals surface area contributed by atoms with Crippen LogP contribution in [0.4, 0.5) is 4.39 Å². The quantitative estimate of drug-likeness (QED) is 0.924. The molecule has 1 aromatic rings. The molecule has 1 aliphatic carbocycles. The molecule has 3 nitrogen and oxygen atoms in total. The molecule has 0 spiro atoms. The molecule has 1 aromatic carbocycles. The average molecular weight is 320 g/mol. The lowest BCUT2D eigenvalue weighted by atomic mass is 9.86. The molecule has 3 rings (SSSR count). The highest BCUT2D eigenvalue weighted by Crippen LogP contribution is 2.28. The zero-order chi connectivity index (χ0) is 16.2. The first kappa shape index (κ1) is 16.9. The summed E-state index contributed by atoms with van der Waals surface area (Å²) in [7, 11) is 0. The molecule has 128 valence electrons. The Morgan fingerprint density at radius 3 is 2.39 bits per heavy atom. The van der Waals surface area contributed by atoms with Crippen molar-refractivity contribution in [1.82, 2.24) is 9.80 Å². The number of β-amino-alcohol motifs (C(OH)–C–C–N with tert-alkyl or cyclic N) is 1. The standard InChI is InChI=1S/C19H29FN2O/c1-15-6-8-16(9-7-15)22-12-10-21(11-13-22)14-19(23)17-4-2-3-5-18(17)20/h2-5,15-16,19,23H,6-14H2,1H3. The van der Waals surface area contributed by atoms with Crippen LogP contribution < -0.4 is 0 Å². The van der Waals surface area contributed by atoms with Crippen molar-refractivity contribution in [3.63, 3.8) is 0 Å². The second-order valence-electron chi connectivity index (χ2n) is 7.29. The van der Waals surface area contributed by atoms with Gasteiger partial charge in [-0.05, 0) is 37.7 Å². The van der Waals surface area contributed by atoms with Gasteiger partial charge in [0.1, 0.15) is 5.82 Å². The van der Waals surface area contributed by atoms with Crippen LogP contribution in [0.3, 0.4) is 0 Å². The molecule has 1 saturated heterocycles. The molecule has 0 amide bonds. The van der Waals surface area contributed by atoms with Crippen molar-refractivity contribution in [2.45, 2.75) is 44.8 Å². The van der Waals surface area contributed by atoms with E-state index in [9.17, 15) is 9.50 Å². The third-order valence-electron chi connectivity index (χ3n) is 5.60. The van der Waals surface area contributed by atoms with Crippen molar-refractivity contribution >= 4 is 0 Å². The Labute approximate surface area is 139 Å². The van der Waals surface area contributed by atoms with Gasteiger partial charge in [-0.15, -0.1) is 0 Å². The molecule has 0 bridgehead atoms. The summed E-state index contributed by atoms with van der Waals surface area (Å²) in [5.74, 6) is 0.582. The highest BCUT2D eigenvalue weighted by molar-refractivity contribution is 5.20. The fourth-order valence-electron chi connectivity index (χ4n) is 4.01. The summed E-state index contributed by atoms with van der Waals surface area (Å²) >= 11 is 0. The Hall–Kier alpha value is -0.970. The van der Waals surface area contributed by atoms with Gasteiger partial charge in [0.2, 0.25) is 0 Å². The Morgan fingerprint density at radius 1 is 1.09 bits per heavy atom. The Morgan fingerprint density at radius 2 is 1.74 bits per heavy atom. The van der Waals surface area contributed by atoms with E-state index in [0.29, 0.717) is 12.1 Å². The normalized spacial score (nSPS) is 28.7. The van der Waals surface area contributed by atoms with E-state index in [-0.39, 0.29) is 5.82 Å². The van der Waals surface area contributed by atoms with Crippen LogP contribution in [0.5, 0.6) is 0 Å². The van der Waals surface area contributed by atoms with Gasteiger partial charge < -0.3 is 5.11 Å². The molecule has 2 fully saturated rings. The first-order valence-corrected chi connectivity index (χ1v) is 9.02. The van der Waals surface area contributed by atoms with Crippen LogP contribution >= 0.6 is 0 Å². The second kappa shape index (κ2) is 7.73. The maximum Gasteiger partial charge on any atom is 0.129 e. The van der Waals surface area contributed by atoms with Crippen molar-refractivity contribution in [2.24, 2.45) is 5.92 Å². The smallest absolute Gasteiger partial charge is 0.129 e. The highest BCUT2D eigenvalue weighted by atomic mass is 19.1. The van der Waals surface area contributed by atoms with Gasteiger partial charge in [-0.3, -0.25) is 9.80 Å². The summed E-state index contributed by atoms with van der Waals surface area (Å²) in [6.07, 6.45) is 4.64. The van der Waals surface area contributed by atoms with Gasteiger partial charge in [-0.1, -0.05) is 25.1 Å². The summed E-state index contributed by atoms with van der Waals surface area (Å²) in [6, 6.07) is 7.30. The molecule has 1 unspecified atom stereocenters. The first-order valence-electron chi connectivity index (χ1n) is 9.02.